The van der Waals surface area contributed by atoms with Crippen molar-refractivity contribution in [3.8, 4) is 0 Å². The molecule has 0 aromatic heterocycles. The molecule has 0 aliphatic heterocycles. The average molecular weight is 437 g/mol. The second kappa shape index (κ2) is 9.11. The van der Waals surface area contributed by atoms with Crippen LogP contribution in [0.25, 0.3) is 0 Å². The summed E-state index contributed by atoms with van der Waals surface area (Å²) < 4.78 is 26.3. The first-order valence-corrected chi connectivity index (χ1v) is 9.60. The smallest absolute Gasteiger partial charge is 0.322 e. The van der Waals surface area contributed by atoms with E-state index in [1.54, 1.807) is 4.72 Å². The maximum Gasteiger partial charge on any atom is 0.322 e. The summed E-state index contributed by atoms with van der Waals surface area (Å²) >= 11 is 0. The Morgan fingerprint density at radius 2 is 1.70 bits per heavy atom. The number of amides is 1. The monoisotopic (exact) mass is 437 g/mol. The van der Waals surface area contributed by atoms with Crippen molar-refractivity contribution in [3.05, 3.63) is 64.2 Å². The van der Waals surface area contributed by atoms with E-state index >= 15 is 0 Å². The van der Waals surface area contributed by atoms with Gasteiger partial charge < -0.3 is 15.5 Å². The number of nitrogens with one attached hydrogen (secondary N) is 2. The largest absolute Gasteiger partial charge is 0.481 e. The highest BCUT2D eigenvalue weighted by atomic mass is 32.2. The molecule has 0 bridgehead atoms. The van der Waals surface area contributed by atoms with Gasteiger partial charge in [-0.05, 0) is 30.3 Å². The second-order valence-corrected chi connectivity index (χ2v) is 7.61. The molecule has 30 heavy (non-hydrogen) atoms. The van der Waals surface area contributed by atoms with Gasteiger partial charge in [-0.3, -0.25) is 24.5 Å². The zero-order valence-electron chi connectivity index (χ0n) is 15.0. The van der Waals surface area contributed by atoms with Crippen LogP contribution in [0.3, 0.4) is 0 Å². The van der Waals surface area contributed by atoms with E-state index in [1.807, 2.05) is 0 Å². The highest BCUT2D eigenvalue weighted by Crippen LogP contribution is 2.18. The molecule has 0 aliphatic rings. The fourth-order valence-corrected chi connectivity index (χ4v) is 3.48. The Labute approximate surface area is 169 Å². The van der Waals surface area contributed by atoms with Crippen LogP contribution in [0.15, 0.2) is 53.4 Å². The number of hydrogen-bond acceptors (Lipinski definition) is 7. The molecule has 12 nitrogen and oxygen atoms in total. The van der Waals surface area contributed by atoms with Gasteiger partial charge in [-0.15, -0.1) is 0 Å². The molecule has 0 saturated heterocycles. The number of sulfonamides is 1. The summed E-state index contributed by atoms with van der Waals surface area (Å²) in [6.07, 6.45) is -0.952. The maximum atomic E-state index is 12.3. The summed E-state index contributed by atoms with van der Waals surface area (Å²) in [6, 6.07) is 7.72. The minimum absolute atomic E-state index is 0.0144. The molecule has 0 unspecified atom stereocenters. The van der Waals surface area contributed by atoms with E-state index in [0.29, 0.717) is 0 Å². The van der Waals surface area contributed by atoms with Crippen molar-refractivity contribution in [1.29, 1.82) is 0 Å². The number of aliphatic carboxylic acids is 2. The third kappa shape index (κ3) is 5.83. The van der Waals surface area contributed by atoms with Gasteiger partial charge in [-0.25, -0.2) is 8.42 Å². The molecule has 0 radical (unpaired) electrons. The van der Waals surface area contributed by atoms with Gasteiger partial charge in [0.1, 0.15) is 6.04 Å². The first-order valence-electron chi connectivity index (χ1n) is 8.12. The van der Waals surface area contributed by atoms with Gasteiger partial charge in [-0.2, -0.15) is 4.72 Å². The summed E-state index contributed by atoms with van der Waals surface area (Å²) in [6.45, 7) is 0. The van der Waals surface area contributed by atoms with Crippen molar-refractivity contribution in [2.75, 3.05) is 5.32 Å². The SMILES string of the molecule is O=C(O)C[C@H](NS(=O)(=O)c1ccc(NC(=O)c2cccc([N+](=O)[O-])c2)cc1)C(=O)O. The first kappa shape index (κ1) is 22.4. The Morgan fingerprint density at radius 1 is 1.07 bits per heavy atom. The van der Waals surface area contributed by atoms with Gasteiger partial charge in [0.25, 0.3) is 11.6 Å². The van der Waals surface area contributed by atoms with Crippen LogP contribution in [0.5, 0.6) is 0 Å². The standard InChI is InChI=1S/C17H15N3O9S/c21-15(22)9-14(17(24)25)19-30(28,29)13-6-4-11(5-7-13)18-16(23)10-2-1-3-12(8-10)20(26)27/h1-8,14,19H,9H2,(H,18,23)(H,21,22)(H,24,25)/t14-/m0/s1. The highest BCUT2D eigenvalue weighted by molar-refractivity contribution is 7.89. The number of carbonyl (C=O) groups excluding carboxylic acids is 1. The van der Waals surface area contributed by atoms with Gasteiger partial charge in [0.2, 0.25) is 10.0 Å². The first-order chi connectivity index (χ1) is 14.0. The molecular formula is C17H15N3O9S. The molecule has 1 amide bonds. The van der Waals surface area contributed by atoms with Crippen molar-refractivity contribution < 1.29 is 37.9 Å². The third-order valence-electron chi connectivity index (χ3n) is 3.72. The summed E-state index contributed by atoms with van der Waals surface area (Å²) in [5.41, 5.74) is -0.0872. The summed E-state index contributed by atoms with van der Waals surface area (Å²) in [7, 11) is -4.34. The number of benzene rings is 2. The Hall–Kier alpha value is -3.84. The summed E-state index contributed by atoms with van der Waals surface area (Å²) in [5, 5.41) is 30.9. The lowest BCUT2D eigenvalue weighted by Gasteiger charge is -2.13. The van der Waals surface area contributed by atoms with E-state index in [2.05, 4.69) is 5.32 Å². The van der Waals surface area contributed by atoms with Crippen LogP contribution in [0.1, 0.15) is 16.8 Å². The molecule has 2 rings (SSSR count). The van der Waals surface area contributed by atoms with Crippen molar-refractivity contribution in [2.24, 2.45) is 0 Å². The number of non-ortho nitro benzene ring substituents is 1. The molecule has 0 heterocycles. The molecule has 2 aromatic carbocycles. The van der Waals surface area contributed by atoms with E-state index in [4.69, 9.17) is 10.2 Å². The zero-order chi connectivity index (χ0) is 22.5. The Kier molecular flexibility index (Phi) is 6.81. The number of hydrogen-bond donors (Lipinski definition) is 4. The van der Waals surface area contributed by atoms with Crippen LogP contribution in [0.2, 0.25) is 0 Å². The molecule has 13 heteroatoms. The quantitative estimate of drug-likeness (QED) is 0.328. The number of nitrogens with zero attached hydrogens (tertiary/aromatic N) is 1. The fourth-order valence-electron chi connectivity index (χ4n) is 2.29. The van der Waals surface area contributed by atoms with Gasteiger partial charge in [-0.1, -0.05) is 6.07 Å². The number of carbonyl (C=O) groups is 3. The van der Waals surface area contributed by atoms with E-state index in [1.165, 1.54) is 30.3 Å². The van der Waals surface area contributed by atoms with E-state index < -0.39 is 45.3 Å². The van der Waals surface area contributed by atoms with Crippen molar-refractivity contribution >= 4 is 39.2 Å². The van der Waals surface area contributed by atoms with E-state index in [9.17, 15) is 32.9 Å². The predicted molar refractivity (Wildman–Crippen MR) is 101 cm³/mol. The molecule has 0 spiro atoms. The molecule has 0 aliphatic carbocycles. The van der Waals surface area contributed by atoms with Crippen LogP contribution in [0.4, 0.5) is 11.4 Å². The van der Waals surface area contributed by atoms with Crippen LogP contribution < -0.4 is 10.0 Å². The van der Waals surface area contributed by atoms with Gasteiger partial charge in [0.05, 0.1) is 16.2 Å². The van der Waals surface area contributed by atoms with Crippen molar-refractivity contribution in [2.45, 2.75) is 17.4 Å². The lowest BCUT2D eigenvalue weighted by atomic mass is 10.2. The summed E-state index contributed by atoms with van der Waals surface area (Å²) in [4.78, 5) is 43.7. The van der Waals surface area contributed by atoms with Crippen LogP contribution >= 0.6 is 0 Å². The van der Waals surface area contributed by atoms with E-state index in [-0.39, 0.29) is 21.8 Å². The van der Waals surface area contributed by atoms with Crippen molar-refractivity contribution in [3.63, 3.8) is 0 Å². The lowest BCUT2D eigenvalue weighted by Crippen LogP contribution is -2.42. The van der Waals surface area contributed by atoms with Crippen LogP contribution in [-0.2, 0) is 19.6 Å². The Bertz CT molecular complexity index is 1100. The molecule has 0 fully saturated rings. The van der Waals surface area contributed by atoms with Gasteiger partial charge >= 0.3 is 11.9 Å². The molecule has 1 atom stereocenters. The molecule has 0 saturated carbocycles. The molecule has 2 aromatic rings. The predicted octanol–water partition coefficient (Wildman–Crippen LogP) is 1.05. The number of nitro benzene ring substituents is 1. The molecular weight excluding hydrogens is 422 g/mol. The lowest BCUT2D eigenvalue weighted by molar-refractivity contribution is -0.384. The molecule has 4 N–H and O–H groups in total. The number of carboxylic acids is 2. The number of nitro groups is 1. The number of anilines is 1. The number of carboxylic acid groups (broad SMARTS) is 2. The fraction of sp³-hybridized carbons (Fsp3) is 0.118. The van der Waals surface area contributed by atoms with Crippen LogP contribution in [-0.4, -0.2) is 47.4 Å². The zero-order valence-corrected chi connectivity index (χ0v) is 15.8. The van der Waals surface area contributed by atoms with Gasteiger partial charge in [0.15, 0.2) is 0 Å². The minimum atomic E-state index is -4.34. The van der Waals surface area contributed by atoms with E-state index in [0.717, 1.165) is 18.2 Å². The van der Waals surface area contributed by atoms with Gasteiger partial charge in [0, 0.05) is 23.4 Å². The average Bonchev–Trinajstić information content (AvgIpc) is 2.67. The second-order valence-electron chi connectivity index (χ2n) is 5.90. The van der Waals surface area contributed by atoms with Crippen LogP contribution in [0, 0.1) is 10.1 Å². The normalized spacial score (nSPS) is 12.0. The Balaban J connectivity index is 2.14. The summed E-state index contributed by atoms with van der Waals surface area (Å²) in [5.74, 6) is -3.81. The third-order valence-corrected chi connectivity index (χ3v) is 5.20. The molecule has 158 valence electrons. The van der Waals surface area contributed by atoms with Crippen molar-refractivity contribution in [1.82, 2.24) is 4.72 Å². The topological polar surface area (TPSA) is 193 Å². The highest BCUT2D eigenvalue weighted by Gasteiger charge is 2.27. The maximum absolute atomic E-state index is 12.3. The Morgan fingerprint density at radius 3 is 2.23 bits per heavy atom. The number of rotatable bonds is 9. The minimum Gasteiger partial charge on any atom is -0.481 e.